The highest BCUT2D eigenvalue weighted by Crippen LogP contribution is 2.36. The molecule has 2 aromatic rings. The van der Waals surface area contributed by atoms with Crippen molar-refractivity contribution in [3.05, 3.63) is 40.2 Å². The highest BCUT2D eigenvalue weighted by atomic mass is 16.5. The lowest BCUT2D eigenvalue weighted by molar-refractivity contribution is 0.0513. The summed E-state index contributed by atoms with van der Waals surface area (Å²) >= 11 is 0. The van der Waals surface area contributed by atoms with Gasteiger partial charge in [0.15, 0.2) is 5.69 Å². The fourth-order valence-electron chi connectivity index (χ4n) is 3.69. The molecule has 128 valence electrons. The van der Waals surface area contributed by atoms with E-state index in [9.17, 15) is 4.79 Å². The largest absolute Gasteiger partial charge is 0.461 e. The second-order valence-electron chi connectivity index (χ2n) is 6.33. The lowest BCUT2D eigenvalue weighted by atomic mass is 10.0. The maximum absolute atomic E-state index is 12.4. The van der Waals surface area contributed by atoms with Crippen molar-refractivity contribution >= 4 is 17.6 Å². The molecular weight excluding hydrogens is 302 g/mol. The van der Waals surface area contributed by atoms with Gasteiger partial charge in [-0.05, 0) is 45.2 Å². The average molecular weight is 327 g/mol. The Hall–Kier alpha value is -2.30. The number of aryl methyl sites for hydroxylation is 4. The first-order chi connectivity index (χ1) is 11.5. The Bertz CT molecular complexity index is 769. The van der Waals surface area contributed by atoms with Crippen LogP contribution in [0.4, 0.5) is 11.6 Å². The molecule has 0 amide bonds. The lowest BCUT2D eigenvalue weighted by Gasteiger charge is -2.22. The van der Waals surface area contributed by atoms with Gasteiger partial charge in [-0.3, -0.25) is 0 Å². The first-order valence-corrected chi connectivity index (χ1v) is 8.59. The Kier molecular flexibility index (Phi) is 4.35. The van der Waals surface area contributed by atoms with Crippen LogP contribution < -0.4 is 4.90 Å². The second kappa shape index (κ2) is 6.30. The van der Waals surface area contributed by atoms with Crippen LogP contribution in [0.5, 0.6) is 0 Å². The van der Waals surface area contributed by atoms with Crippen LogP contribution in [0, 0.1) is 20.8 Å². The smallest absolute Gasteiger partial charge is 0.356 e. The molecule has 24 heavy (non-hydrogen) atoms. The normalized spacial score (nSPS) is 13.3. The maximum atomic E-state index is 12.4. The summed E-state index contributed by atoms with van der Waals surface area (Å²) in [4.78, 5) is 19.4. The number of benzene rings is 1. The third kappa shape index (κ3) is 2.58. The predicted octanol–water partition coefficient (Wildman–Crippen LogP) is 3.70. The van der Waals surface area contributed by atoms with Crippen LogP contribution >= 0.6 is 0 Å². The SMILES string of the molecule is CCOC(=O)c1c(CC)nc2n1CCN2c1c(C)cc(C)cc1C. The van der Waals surface area contributed by atoms with Crippen molar-refractivity contribution in [3.8, 4) is 0 Å². The summed E-state index contributed by atoms with van der Waals surface area (Å²) in [6, 6.07) is 4.39. The van der Waals surface area contributed by atoms with Crippen molar-refractivity contribution in [2.24, 2.45) is 0 Å². The molecule has 5 nitrogen and oxygen atoms in total. The number of nitrogens with zero attached hydrogens (tertiary/aromatic N) is 3. The summed E-state index contributed by atoms with van der Waals surface area (Å²) in [6.07, 6.45) is 0.716. The first-order valence-electron chi connectivity index (χ1n) is 8.59. The van der Waals surface area contributed by atoms with E-state index in [2.05, 4.69) is 37.8 Å². The molecule has 0 saturated carbocycles. The standard InChI is InChI=1S/C19H25N3O2/c1-6-15-17(18(23)24-7-2)22-9-8-21(19(22)20-15)16-13(4)10-12(3)11-14(16)5/h10-11H,6-9H2,1-5H3. The molecule has 0 unspecified atom stereocenters. The van der Waals surface area contributed by atoms with Crippen LogP contribution in [0.25, 0.3) is 0 Å². The number of rotatable bonds is 4. The molecule has 0 fully saturated rings. The van der Waals surface area contributed by atoms with E-state index in [-0.39, 0.29) is 5.97 Å². The molecule has 0 aliphatic carbocycles. The van der Waals surface area contributed by atoms with Gasteiger partial charge in [0.1, 0.15) is 0 Å². The number of aromatic nitrogens is 2. The summed E-state index contributed by atoms with van der Waals surface area (Å²) in [6.45, 7) is 12.2. The predicted molar refractivity (Wildman–Crippen MR) is 95.2 cm³/mol. The molecule has 0 N–H and O–H groups in total. The minimum atomic E-state index is -0.271. The topological polar surface area (TPSA) is 47.4 Å². The Morgan fingerprint density at radius 1 is 1.17 bits per heavy atom. The van der Waals surface area contributed by atoms with Gasteiger partial charge in [-0.2, -0.15) is 0 Å². The highest BCUT2D eigenvalue weighted by molar-refractivity contribution is 5.90. The lowest BCUT2D eigenvalue weighted by Crippen LogP contribution is -2.17. The number of fused-ring (bicyclic) bond motifs is 1. The highest BCUT2D eigenvalue weighted by Gasteiger charge is 2.32. The zero-order valence-corrected chi connectivity index (χ0v) is 15.1. The van der Waals surface area contributed by atoms with Gasteiger partial charge < -0.3 is 14.2 Å². The molecule has 2 heterocycles. The molecule has 0 spiro atoms. The third-order valence-corrected chi connectivity index (χ3v) is 4.52. The summed E-state index contributed by atoms with van der Waals surface area (Å²) in [7, 11) is 0. The molecule has 1 aliphatic rings. The number of carbonyl (C=O) groups excluding carboxylic acids is 1. The third-order valence-electron chi connectivity index (χ3n) is 4.52. The van der Waals surface area contributed by atoms with E-state index in [1.54, 1.807) is 0 Å². The second-order valence-corrected chi connectivity index (χ2v) is 6.33. The molecule has 0 radical (unpaired) electrons. The quantitative estimate of drug-likeness (QED) is 0.803. The number of hydrogen-bond acceptors (Lipinski definition) is 4. The molecule has 5 heteroatoms. The van der Waals surface area contributed by atoms with E-state index >= 15 is 0 Å². The van der Waals surface area contributed by atoms with Crippen molar-refractivity contribution in [1.82, 2.24) is 9.55 Å². The van der Waals surface area contributed by atoms with Gasteiger partial charge in [0.25, 0.3) is 0 Å². The average Bonchev–Trinajstić information content (AvgIpc) is 3.05. The summed E-state index contributed by atoms with van der Waals surface area (Å²) in [5.74, 6) is 0.581. The molecule has 0 atom stereocenters. The van der Waals surface area contributed by atoms with Crippen LogP contribution in [0.3, 0.4) is 0 Å². The van der Waals surface area contributed by atoms with Gasteiger partial charge in [-0.15, -0.1) is 0 Å². The Balaban J connectivity index is 2.09. The Morgan fingerprint density at radius 2 is 1.83 bits per heavy atom. The molecule has 1 aliphatic heterocycles. The van der Waals surface area contributed by atoms with Crippen molar-refractivity contribution in [2.75, 3.05) is 18.1 Å². The number of carbonyl (C=O) groups is 1. The van der Waals surface area contributed by atoms with Gasteiger partial charge in [0.05, 0.1) is 12.3 Å². The maximum Gasteiger partial charge on any atom is 0.356 e. The Morgan fingerprint density at radius 3 is 2.42 bits per heavy atom. The number of hydrogen-bond donors (Lipinski definition) is 0. The van der Waals surface area contributed by atoms with Gasteiger partial charge >= 0.3 is 5.97 Å². The summed E-state index contributed by atoms with van der Waals surface area (Å²) in [5, 5.41) is 0. The first kappa shape index (κ1) is 16.6. The summed E-state index contributed by atoms with van der Waals surface area (Å²) in [5.41, 5.74) is 6.36. The minimum Gasteiger partial charge on any atom is -0.461 e. The van der Waals surface area contributed by atoms with Gasteiger partial charge in [-0.25, -0.2) is 9.78 Å². The monoisotopic (exact) mass is 327 g/mol. The van der Waals surface area contributed by atoms with Gasteiger partial charge in [-0.1, -0.05) is 24.6 Å². The van der Waals surface area contributed by atoms with Crippen molar-refractivity contribution in [1.29, 1.82) is 0 Å². The molecule has 1 aromatic heterocycles. The van der Waals surface area contributed by atoms with Crippen LogP contribution in [-0.4, -0.2) is 28.7 Å². The van der Waals surface area contributed by atoms with Crippen molar-refractivity contribution in [2.45, 2.75) is 47.6 Å². The van der Waals surface area contributed by atoms with Crippen LogP contribution in [0.15, 0.2) is 12.1 Å². The van der Waals surface area contributed by atoms with E-state index in [0.29, 0.717) is 18.7 Å². The number of ether oxygens (including phenoxy) is 1. The molecular formula is C19H25N3O2. The molecule has 1 aromatic carbocycles. The zero-order valence-electron chi connectivity index (χ0n) is 15.1. The molecule has 0 bridgehead atoms. The van der Waals surface area contributed by atoms with Crippen molar-refractivity contribution in [3.63, 3.8) is 0 Å². The van der Waals surface area contributed by atoms with E-state index in [4.69, 9.17) is 9.72 Å². The van der Waals surface area contributed by atoms with Crippen LogP contribution in [0.2, 0.25) is 0 Å². The van der Waals surface area contributed by atoms with Gasteiger partial charge in [0, 0.05) is 18.8 Å². The molecule has 3 rings (SSSR count). The fraction of sp³-hybridized carbons (Fsp3) is 0.474. The van der Waals surface area contributed by atoms with Crippen LogP contribution in [0.1, 0.15) is 46.7 Å². The minimum absolute atomic E-state index is 0.271. The summed E-state index contributed by atoms with van der Waals surface area (Å²) < 4.78 is 7.25. The number of anilines is 2. The Labute approximate surface area is 143 Å². The van der Waals surface area contributed by atoms with E-state index in [0.717, 1.165) is 24.7 Å². The van der Waals surface area contributed by atoms with E-state index in [1.807, 2.05) is 18.4 Å². The van der Waals surface area contributed by atoms with E-state index in [1.165, 1.54) is 22.4 Å². The number of esters is 1. The number of imidazole rings is 1. The van der Waals surface area contributed by atoms with Gasteiger partial charge in [0.2, 0.25) is 5.95 Å². The van der Waals surface area contributed by atoms with Crippen molar-refractivity contribution < 1.29 is 9.53 Å². The fourth-order valence-corrected chi connectivity index (χ4v) is 3.69. The van der Waals surface area contributed by atoms with E-state index < -0.39 is 0 Å². The molecule has 0 saturated heterocycles. The van der Waals surface area contributed by atoms with Crippen LogP contribution in [-0.2, 0) is 17.7 Å². The zero-order chi connectivity index (χ0) is 17.4.